The largest absolute Gasteiger partial charge is 0.496 e. The third-order valence-corrected chi connectivity index (χ3v) is 3.94. The van der Waals surface area contributed by atoms with Gasteiger partial charge in [0.1, 0.15) is 5.75 Å². The molecule has 0 aliphatic carbocycles. The molecule has 0 fully saturated rings. The molecule has 1 rings (SSSR count). The van der Waals surface area contributed by atoms with Gasteiger partial charge in [-0.1, -0.05) is 53.7 Å². The second kappa shape index (κ2) is 7.53. The predicted molar refractivity (Wildman–Crippen MR) is 97.1 cm³/mol. The molecule has 0 aliphatic rings. The number of nitrogens with two attached hydrogens (primary N) is 1. The first kappa shape index (κ1) is 18.3. The maximum absolute atomic E-state index is 6.05. The van der Waals surface area contributed by atoms with E-state index in [2.05, 4.69) is 65.8 Å². The first-order chi connectivity index (χ1) is 10.2. The average Bonchev–Trinajstić information content (AvgIpc) is 2.46. The second-order valence-corrected chi connectivity index (χ2v) is 7.03. The summed E-state index contributed by atoms with van der Waals surface area (Å²) in [5.41, 5.74) is 10.8. The van der Waals surface area contributed by atoms with E-state index in [9.17, 15) is 0 Å². The molecule has 22 heavy (non-hydrogen) atoms. The number of rotatable bonds is 5. The van der Waals surface area contributed by atoms with Crippen LogP contribution in [0.15, 0.2) is 36.0 Å². The normalized spacial score (nSPS) is 13.6. The lowest BCUT2D eigenvalue weighted by Crippen LogP contribution is -2.11. The van der Waals surface area contributed by atoms with Crippen molar-refractivity contribution in [1.29, 1.82) is 0 Å². The Labute approximate surface area is 136 Å². The topological polar surface area (TPSA) is 35.2 Å². The highest BCUT2D eigenvalue weighted by molar-refractivity contribution is 5.72. The van der Waals surface area contributed by atoms with Gasteiger partial charge in [-0.15, -0.1) is 0 Å². The van der Waals surface area contributed by atoms with Gasteiger partial charge in [-0.05, 0) is 47.1 Å². The summed E-state index contributed by atoms with van der Waals surface area (Å²) in [5.74, 6) is 1.27. The molecule has 0 saturated carbocycles. The lowest BCUT2D eigenvalue weighted by molar-refractivity contribution is 0.412. The van der Waals surface area contributed by atoms with Crippen molar-refractivity contribution in [2.24, 2.45) is 11.7 Å². The number of methoxy groups -OCH3 is 1. The molecule has 1 aromatic rings. The fourth-order valence-corrected chi connectivity index (χ4v) is 2.21. The molecule has 0 unspecified atom stereocenters. The van der Waals surface area contributed by atoms with Crippen molar-refractivity contribution < 1.29 is 4.74 Å². The van der Waals surface area contributed by atoms with Crippen LogP contribution in [0.2, 0.25) is 0 Å². The minimum absolute atomic E-state index is 0.118. The third kappa shape index (κ3) is 4.66. The van der Waals surface area contributed by atoms with E-state index < -0.39 is 0 Å². The molecule has 0 spiro atoms. The summed E-state index contributed by atoms with van der Waals surface area (Å²) in [5, 5.41) is 0. The molecule has 0 amide bonds. The van der Waals surface area contributed by atoms with Crippen LogP contribution in [0.1, 0.15) is 59.1 Å². The Morgan fingerprint density at radius 3 is 2.32 bits per heavy atom. The van der Waals surface area contributed by atoms with E-state index in [0.717, 1.165) is 23.4 Å². The highest BCUT2D eigenvalue weighted by atomic mass is 16.5. The molecular weight excluding hydrogens is 270 g/mol. The standard InChI is InChI=1S/C20H31NO/c1-8-15(9-11-18(21)14(2)3)17-13-16(20(4,5)6)10-12-19(17)22-7/h9-14H,8,21H2,1-7H3/b15-9+,18-11-. The zero-order valence-electron chi connectivity index (χ0n) is 15.2. The van der Waals surface area contributed by atoms with Crippen LogP contribution in [0.5, 0.6) is 5.75 Å². The van der Waals surface area contributed by atoms with Crippen molar-refractivity contribution >= 4 is 5.57 Å². The molecule has 0 radical (unpaired) electrons. The molecule has 0 atom stereocenters. The van der Waals surface area contributed by atoms with Crippen LogP contribution in [-0.4, -0.2) is 7.11 Å². The maximum atomic E-state index is 6.05. The summed E-state index contributed by atoms with van der Waals surface area (Å²) in [4.78, 5) is 0. The van der Waals surface area contributed by atoms with Gasteiger partial charge in [0.25, 0.3) is 0 Å². The highest BCUT2D eigenvalue weighted by Gasteiger charge is 2.17. The Balaban J connectivity index is 3.36. The van der Waals surface area contributed by atoms with Gasteiger partial charge in [-0.25, -0.2) is 0 Å². The van der Waals surface area contributed by atoms with Crippen molar-refractivity contribution in [2.45, 2.75) is 53.4 Å². The Kier molecular flexibility index (Phi) is 6.28. The van der Waals surface area contributed by atoms with Crippen molar-refractivity contribution in [2.75, 3.05) is 7.11 Å². The van der Waals surface area contributed by atoms with Crippen molar-refractivity contribution in [1.82, 2.24) is 0 Å². The summed E-state index contributed by atoms with van der Waals surface area (Å²) in [7, 11) is 1.72. The predicted octanol–water partition coefficient (Wildman–Crippen LogP) is 5.28. The molecule has 1 aromatic carbocycles. The molecule has 0 aliphatic heterocycles. The third-order valence-electron chi connectivity index (χ3n) is 3.94. The van der Waals surface area contributed by atoms with Gasteiger partial charge in [0, 0.05) is 11.3 Å². The summed E-state index contributed by atoms with van der Waals surface area (Å²) in [6.45, 7) is 13.0. The van der Waals surface area contributed by atoms with E-state index in [1.807, 2.05) is 6.08 Å². The second-order valence-electron chi connectivity index (χ2n) is 7.03. The van der Waals surface area contributed by atoms with Crippen molar-refractivity contribution in [3.63, 3.8) is 0 Å². The minimum Gasteiger partial charge on any atom is -0.496 e. The van der Waals surface area contributed by atoms with Gasteiger partial charge in [0.05, 0.1) is 7.11 Å². The van der Waals surface area contributed by atoms with Gasteiger partial charge in [-0.3, -0.25) is 0 Å². The Morgan fingerprint density at radius 1 is 1.23 bits per heavy atom. The number of allylic oxidation sites excluding steroid dienone is 4. The summed E-state index contributed by atoms with van der Waals surface area (Å²) < 4.78 is 5.56. The van der Waals surface area contributed by atoms with Crippen LogP contribution in [0, 0.1) is 5.92 Å². The minimum atomic E-state index is 0.118. The van der Waals surface area contributed by atoms with Gasteiger partial charge in [0.2, 0.25) is 0 Å². The molecule has 0 saturated heterocycles. The molecule has 0 heterocycles. The first-order valence-electron chi connectivity index (χ1n) is 8.05. The van der Waals surface area contributed by atoms with E-state index in [0.29, 0.717) is 5.92 Å². The molecule has 122 valence electrons. The lowest BCUT2D eigenvalue weighted by atomic mass is 9.85. The van der Waals surface area contributed by atoms with Gasteiger partial charge >= 0.3 is 0 Å². The average molecular weight is 301 g/mol. The van der Waals surface area contributed by atoms with Crippen LogP contribution < -0.4 is 10.5 Å². The summed E-state index contributed by atoms with van der Waals surface area (Å²) >= 11 is 0. The maximum Gasteiger partial charge on any atom is 0.126 e. The van der Waals surface area contributed by atoms with Crippen LogP contribution in [-0.2, 0) is 5.41 Å². The fourth-order valence-electron chi connectivity index (χ4n) is 2.21. The van der Waals surface area contributed by atoms with E-state index >= 15 is 0 Å². The van der Waals surface area contributed by atoms with Gasteiger partial charge in [-0.2, -0.15) is 0 Å². The smallest absolute Gasteiger partial charge is 0.126 e. The zero-order valence-corrected chi connectivity index (χ0v) is 15.2. The van der Waals surface area contributed by atoms with E-state index in [-0.39, 0.29) is 5.41 Å². The van der Waals surface area contributed by atoms with Crippen molar-refractivity contribution in [3.05, 3.63) is 47.2 Å². The SMILES string of the molecule is CC/C(=C\C=C(/N)C(C)C)c1cc(C(C)(C)C)ccc1OC. The number of benzene rings is 1. The molecular formula is C20H31NO. The van der Waals surface area contributed by atoms with Crippen molar-refractivity contribution in [3.8, 4) is 5.75 Å². The number of hydrogen-bond acceptors (Lipinski definition) is 2. The van der Waals surface area contributed by atoms with E-state index in [1.54, 1.807) is 7.11 Å². The van der Waals surface area contributed by atoms with Crippen LogP contribution in [0.25, 0.3) is 5.57 Å². The summed E-state index contributed by atoms with van der Waals surface area (Å²) in [6, 6.07) is 6.45. The molecule has 0 aromatic heterocycles. The number of ether oxygens (including phenoxy) is 1. The Morgan fingerprint density at radius 2 is 1.86 bits per heavy atom. The first-order valence-corrected chi connectivity index (χ1v) is 8.05. The zero-order chi connectivity index (χ0) is 16.9. The Hall–Kier alpha value is -1.70. The van der Waals surface area contributed by atoms with E-state index in [1.165, 1.54) is 11.1 Å². The molecule has 2 N–H and O–H groups in total. The number of hydrogen-bond donors (Lipinski definition) is 1. The Bertz CT molecular complexity index is 560. The monoisotopic (exact) mass is 301 g/mol. The lowest BCUT2D eigenvalue weighted by Gasteiger charge is -2.21. The molecule has 0 bridgehead atoms. The van der Waals surface area contributed by atoms with Gasteiger partial charge in [0.15, 0.2) is 0 Å². The molecule has 2 nitrogen and oxygen atoms in total. The summed E-state index contributed by atoms with van der Waals surface area (Å²) in [6.07, 6.45) is 5.08. The van der Waals surface area contributed by atoms with Crippen LogP contribution >= 0.6 is 0 Å². The quantitative estimate of drug-likeness (QED) is 0.750. The van der Waals surface area contributed by atoms with Gasteiger partial charge < -0.3 is 10.5 Å². The fraction of sp³-hybridized carbons (Fsp3) is 0.500. The highest BCUT2D eigenvalue weighted by Crippen LogP contribution is 2.33. The van der Waals surface area contributed by atoms with E-state index in [4.69, 9.17) is 10.5 Å². The van der Waals surface area contributed by atoms with Crippen LogP contribution in [0.4, 0.5) is 0 Å². The molecule has 2 heteroatoms. The van der Waals surface area contributed by atoms with Crippen LogP contribution in [0.3, 0.4) is 0 Å².